The van der Waals surface area contributed by atoms with Crippen molar-refractivity contribution < 1.29 is 10.9 Å². The topological polar surface area (TPSA) is 38.3 Å². The van der Waals surface area contributed by atoms with Gasteiger partial charge in [-0.1, -0.05) is 20.7 Å². The molecular weight excluding hydrogens is 190 g/mol. The molecule has 0 bridgehead atoms. The molecule has 0 aromatic rings. The molecule has 0 saturated heterocycles. The lowest BCUT2D eigenvalue weighted by Gasteiger charge is -2.25. The Bertz CT molecular complexity index is 212. The Morgan fingerprint density at radius 1 is 1.47 bits per heavy atom. The number of nitrogens with one attached hydrogen (secondary N) is 1. The number of likely N-dealkylation sites (N-methyl/N-ethyl adjacent to an activating group) is 1. The van der Waals surface area contributed by atoms with E-state index < -0.39 is 5.60 Å². The Balaban J connectivity index is 4.31. The molecule has 1 atom stereocenters. The maximum Gasteiger partial charge on any atom is 0.323 e. The minimum Gasteiger partial charge on any atom is -0.459 e. The molecule has 0 amide bonds. The summed E-state index contributed by atoms with van der Waals surface area (Å²) in [6.07, 6.45) is 0.745. The maximum absolute atomic E-state index is 11.9. The smallest absolute Gasteiger partial charge is 0.323 e. The number of carbonyl (C=O) groups is 1. The number of carbonyl (C=O) groups excluding carboxylic acids is 1. The van der Waals surface area contributed by atoms with E-state index in [0.717, 1.165) is 6.42 Å². The molecule has 0 aromatic carbocycles. The zero-order valence-corrected chi connectivity index (χ0v) is 10.6. The normalized spacial score (nSPS) is 14.9. The summed E-state index contributed by atoms with van der Waals surface area (Å²) in [6.45, 7) is 10.5. The van der Waals surface area contributed by atoms with Crippen molar-refractivity contribution in [1.29, 1.82) is 0 Å². The van der Waals surface area contributed by atoms with Gasteiger partial charge in [-0.3, -0.25) is 4.79 Å². The minimum atomic E-state index is -0.449. The van der Waals surface area contributed by atoms with Crippen LogP contribution in [-0.2, 0) is 9.53 Å². The van der Waals surface area contributed by atoms with E-state index in [4.69, 9.17) is 6.11 Å². The highest BCUT2D eigenvalue weighted by Crippen LogP contribution is 2.12. The van der Waals surface area contributed by atoms with Gasteiger partial charge in [0.25, 0.3) is 0 Å². The van der Waals surface area contributed by atoms with E-state index in [1.165, 1.54) is 0 Å². The second-order valence-electron chi connectivity index (χ2n) is 5.17. The van der Waals surface area contributed by atoms with Crippen LogP contribution < -0.4 is 5.32 Å². The number of hydrogen-bond donors (Lipinski definition) is 1. The van der Waals surface area contributed by atoms with Gasteiger partial charge in [0.2, 0.25) is 0 Å². The second kappa shape index (κ2) is 6.11. The van der Waals surface area contributed by atoms with Crippen molar-refractivity contribution in [3.05, 3.63) is 0 Å². The van der Waals surface area contributed by atoms with Gasteiger partial charge in [-0.05, 0) is 39.7 Å². The third-order valence-corrected chi connectivity index (χ3v) is 1.79. The van der Waals surface area contributed by atoms with Crippen LogP contribution in [-0.4, -0.2) is 24.2 Å². The molecule has 0 heterocycles. The molecule has 15 heavy (non-hydrogen) atoms. The maximum atomic E-state index is 11.9. The summed E-state index contributed by atoms with van der Waals surface area (Å²) in [5.74, 6) is 0.213. The SMILES string of the molecule is [2H]CCN[C@@H](CC(C)C)C(=O)OC(C)(C)C. The van der Waals surface area contributed by atoms with Crippen LogP contribution in [0.4, 0.5) is 0 Å². The molecule has 0 saturated carbocycles. The van der Waals surface area contributed by atoms with Crippen molar-refractivity contribution in [2.45, 2.75) is 59.6 Å². The van der Waals surface area contributed by atoms with Gasteiger partial charge < -0.3 is 10.1 Å². The first-order chi connectivity index (χ1) is 7.26. The minimum absolute atomic E-state index is 0.213. The summed E-state index contributed by atoms with van der Waals surface area (Å²) in [6, 6.07) is -0.287. The summed E-state index contributed by atoms with van der Waals surface area (Å²) in [5.41, 5.74) is -0.449. The van der Waals surface area contributed by atoms with Crippen molar-refractivity contribution in [1.82, 2.24) is 5.32 Å². The van der Waals surface area contributed by atoms with Crippen LogP contribution in [0, 0.1) is 5.92 Å². The van der Waals surface area contributed by atoms with E-state index >= 15 is 0 Å². The molecule has 0 aliphatic carbocycles. The predicted octanol–water partition coefficient (Wildman–Crippen LogP) is 2.35. The van der Waals surface area contributed by atoms with Crippen molar-refractivity contribution in [3.63, 3.8) is 0 Å². The van der Waals surface area contributed by atoms with Crippen LogP contribution in [0.5, 0.6) is 0 Å². The second-order valence-corrected chi connectivity index (χ2v) is 5.17. The van der Waals surface area contributed by atoms with Crippen molar-refractivity contribution in [2.24, 2.45) is 5.92 Å². The molecule has 0 aromatic heterocycles. The Hall–Kier alpha value is -0.570. The third kappa shape index (κ3) is 7.37. The molecule has 0 spiro atoms. The van der Waals surface area contributed by atoms with Gasteiger partial charge in [0, 0.05) is 1.37 Å². The zero-order valence-electron chi connectivity index (χ0n) is 11.6. The highest BCUT2D eigenvalue weighted by molar-refractivity contribution is 5.76. The quantitative estimate of drug-likeness (QED) is 0.717. The van der Waals surface area contributed by atoms with E-state index in [1.54, 1.807) is 0 Å². The lowest BCUT2D eigenvalue weighted by atomic mass is 10.0. The van der Waals surface area contributed by atoms with Crippen LogP contribution in [0.2, 0.25) is 0 Å². The molecule has 0 fully saturated rings. The summed E-state index contributed by atoms with van der Waals surface area (Å²) >= 11 is 0. The van der Waals surface area contributed by atoms with Crippen LogP contribution in [0.25, 0.3) is 0 Å². The number of esters is 1. The number of hydrogen-bond acceptors (Lipinski definition) is 3. The van der Waals surface area contributed by atoms with Gasteiger partial charge in [-0.25, -0.2) is 0 Å². The van der Waals surface area contributed by atoms with Gasteiger partial charge in [0.05, 0.1) is 0 Å². The fourth-order valence-corrected chi connectivity index (χ4v) is 1.28. The highest BCUT2D eigenvalue weighted by atomic mass is 16.6. The Labute approximate surface area is 95.0 Å². The average Bonchev–Trinajstić information content (AvgIpc) is 2.08. The van der Waals surface area contributed by atoms with Crippen molar-refractivity contribution in [2.75, 3.05) is 6.54 Å². The van der Waals surface area contributed by atoms with E-state index in [9.17, 15) is 4.79 Å². The van der Waals surface area contributed by atoms with Crippen LogP contribution in [0.15, 0.2) is 0 Å². The Kier molecular flexibility index (Phi) is 5.09. The van der Waals surface area contributed by atoms with Gasteiger partial charge in [0.1, 0.15) is 11.6 Å². The van der Waals surface area contributed by atoms with Crippen molar-refractivity contribution >= 4 is 5.97 Å². The number of ether oxygens (including phenoxy) is 1. The van der Waals surface area contributed by atoms with Crippen LogP contribution in [0.1, 0.15) is 49.3 Å². The molecule has 0 aliphatic heterocycles. The van der Waals surface area contributed by atoms with E-state index in [1.807, 2.05) is 20.8 Å². The van der Waals surface area contributed by atoms with E-state index in [-0.39, 0.29) is 18.9 Å². The molecule has 3 nitrogen and oxygen atoms in total. The average molecular weight is 216 g/mol. The molecule has 3 heteroatoms. The first kappa shape index (κ1) is 12.5. The summed E-state index contributed by atoms with van der Waals surface area (Å²) in [4.78, 5) is 11.9. The first-order valence-electron chi connectivity index (χ1n) is 6.22. The predicted molar refractivity (Wildman–Crippen MR) is 62.8 cm³/mol. The van der Waals surface area contributed by atoms with E-state index in [2.05, 4.69) is 19.2 Å². The monoisotopic (exact) mass is 216 g/mol. The molecule has 0 unspecified atom stereocenters. The van der Waals surface area contributed by atoms with Crippen molar-refractivity contribution in [3.8, 4) is 0 Å². The Morgan fingerprint density at radius 3 is 2.47 bits per heavy atom. The molecule has 0 aliphatic rings. The molecule has 0 rings (SSSR count). The van der Waals surface area contributed by atoms with Crippen LogP contribution in [0.3, 0.4) is 0 Å². The van der Waals surface area contributed by atoms with Crippen LogP contribution >= 0.6 is 0 Å². The fraction of sp³-hybridized carbons (Fsp3) is 0.917. The molecule has 0 radical (unpaired) electrons. The molecular formula is C12H25NO2. The lowest BCUT2D eigenvalue weighted by molar-refractivity contribution is -0.157. The van der Waals surface area contributed by atoms with E-state index in [0.29, 0.717) is 12.5 Å². The summed E-state index contributed by atoms with van der Waals surface area (Å²) < 4.78 is 12.4. The standard InChI is InChI=1S/C12H25NO2/c1-7-13-10(8-9(2)3)11(14)15-12(4,5)6/h9-10,13H,7-8H2,1-6H3/t10-/m0/s1/i1D. The molecule has 90 valence electrons. The summed E-state index contributed by atoms with van der Waals surface area (Å²) in [5, 5.41) is 3.06. The zero-order chi connectivity index (χ0) is 12.8. The first-order valence-corrected chi connectivity index (χ1v) is 5.51. The Morgan fingerprint density at radius 2 is 2.07 bits per heavy atom. The summed E-state index contributed by atoms with van der Waals surface area (Å²) in [7, 11) is 0. The lowest BCUT2D eigenvalue weighted by Crippen LogP contribution is -2.42. The van der Waals surface area contributed by atoms with Gasteiger partial charge >= 0.3 is 5.97 Å². The number of rotatable bonds is 5. The molecule has 1 N–H and O–H groups in total. The van der Waals surface area contributed by atoms with Gasteiger partial charge in [-0.15, -0.1) is 0 Å². The highest BCUT2D eigenvalue weighted by Gasteiger charge is 2.24. The largest absolute Gasteiger partial charge is 0.459 e. The third-order valence-electron chi connectivity index (χ3n) is 1.79. The van der Waals surface area contributed by atoms with Gasteiger partial charge in [0.15, 0.2) is 0 Å². The van der Waals surface area contributed by atoms with Gasteiger partial charge in [-0.2, -0.15) is 0 Å². The fourth-order valence-electron chi connectivity index (χ4n) is 1.28.